The summed E-state index contributed by atoms with van der Waals surface area (Å²) in [5.41, 5.74) is 0. The standard InChI is InChI=1S/C10H18O/c1-8-4-3-5-9(2)7-10(11)6-8/h8-9H,3-7H2,1-2H3. The predicted molar refractivity (Wildman–Crippen MR) is 46.4 cm³/mol. The van der Waals surface area contributed by atoms with Gasteiger partial charge in [0.25, 0.3) is 0 Å². The highest BCUT2D eigenvalue weighted by Crippen LogP contribution is 2.22. The number of Topliss-reactive ketones (excluding diaryl/α,β-unsaturated/α-hetero) is 1. The first-order chi connectivity index (χ1) is 5.18. The second-order valence-electron chi connectivity index (χ2n) is 4.09. The van der Waals surface area contributed by atoms with Crippen LogP contribution in [0.4, 0.5) is 0 Å². The topological polar surface area (TPSA) is 17.1 Å². The van der Waals surface area contributed by atoms with E-state index in [1.807, 2.05) is 0 Å². The molecule has 0 aromatic heterocycles. The molecule has 2 unspecified atom stereocenters. The maximum absolute atomic E-state index is 11.3. The molecule has 0 aromatic rings. The Kier molecular flexibility index (Phi) is 3.10. The number of carbonyl (C=O) groups excluding carboxylic acids is 1. The summed E-state index contributed by atoms with van der Waals surface area (Å²) in [4.78, 5) is 11.3. The normalized spacial score (nSPS) is 34.5. The van der Waals surface area contributed by atoms with Crippen LogP contribution in [0.25, 0.3) is 0 Å². The van der Waals surface area contributed by atoms with Crippen molar-refractivity contribution >= 4 is 5.78 Å². The minimum absolute atomic E-state index is 0.477. The summed E-state index contributed by atoms with van der Waals surface area (Å²) < 4.78 is 0. The van der Waals surface area contributed by atoms with Crippen molar-refractivity contribution in [2.45, 2.75) is 46.0 Å². The molecule has 1 saturated carbocycles. The van der Waals surface area contributed by atoms with Gasteiger partial charge in [-0.15, -0.1) is 0 Å². The van der Waals surface area contributed by atoms with Crippen LogP contribution >= 0.6 is 0 Å². The van der Waals surface area contributed by atoms with E-state index in [1.54, 1.807) is 0 Å². The highest BCUT2D eigenvalue weighted by atomic mass is 16.1. The third kappa shape index (κ3) is 3.04. The highest BCUT2D eigenvalue weighted by molar-refractivity contribution is 5.78. The van der Waals surface area contributed by atoms with Crippen LogP contribution in [0.3, 0.4) is 0 Å². The maximum Gasteiger partial charge on any atom is 0.133 e. The van der Waals surface area contributed by atoms with Crippen LogP contribution < -0.4 is 0 Å². The van der Waals surface area contributed by atoms with Crippen molar-refractivity contribution in [3.05, 3.63) is 0 Å². The van der Waals surface area contributed by atoms with E-state index in [0.717, 1.165) is 12.8 Å². The number of carbonyl (C=O) groups is 1. The lowest BCUT2D eigenvalue weighted by atomic mass is 9.87. The van der Waals surface area contributed by atoms with Crippen LogP contribution in [-0.2, 0) is 4.79 Å². The van der Waals surface area contributed by atoms with Gasteiger partial charge in [-0.1, -0.05) is 33.1 Å². The molecule has 1 fully saturated rings. The molecular formula is C10H18O. The third-order valence-electron chi connectivity index (χ3n) is 2.55. The highest BCUT2D eigenvalue weighted by Gasteiger charge is 2.16. The monoisotopic (exact) mass is 154 g/mol. The summed E-state index contributed by atoms with van der Waals surface area (Å²) in [5, 5.41) is 0. The van der Waals surface area contributed by atoms with Gasteiger partial charge in [0.1, 0.15) is 5.78 Å². The SMILES string of the molecule is CC1CCCC(C)CC(=O)C1. The quantitative estimate of drug-likeness (QED) is 0.524. The Hall–Kier alpha value is -0.330. The van der Waals surface area contributed by atoms with Crippen molar-refractivity contribution < 1.29 is 4.79 Å². The Morgan fingerprint density at radius 1 is 1.09 bits per heavy atom. The first-order valence-corrected chi connectivity index (χ1v) is 4.70. The Morgan fingerprint density at radius 2 is 1.55 bits per heavy atom. The summed E-state index contributed by atoms with van der Waals surface area (Å²) in [7, 11) is 0. The van der Waals surface area contributed by atoms with E-state index in [1.165, 1.54) is 19.3 Å². The molecule has 0 bridgehead atoms. The summed E-state index contributed by atoms with van der Waals surface area (Å²) >= 11 is 0. The zero-order chi connectivity index (χ0) is 8.27. The minimum atomic E-state index is 0.477. The molecule has 0 radical (unpaired) electrons. The van der Waals surface area contributed by atoms with Gasteiger partial charge in [-0.3, -0.25) is 4.79 Å². The van der Waals surface area contributed by atoms with Gasteiger partial charge in [-0.2, -0.15) is 0 Å². The van der Waals surface area contributed by atoms with Gasteiger partial charge in [0.15, 0.2) is 0 Å². The van der Waals surface area contributed by atoms with Crippen LogP contribution in [0, 0.1) is 11.8 Å². The molecule has 0 aliphatic heterocycles. The van der Waals surface area contributed by atoms with E-state index in [2.05, 4.69) is 13.8 Å². The predicted octanol–water partition coefficient (Wildman–Crippen LogP) is 2.79. The fourth-order valence-electron chi connectivity index (χ4n) is 1.88. The summed E-state index contributed by atoms with van der Waals surface area (Å²) in [6, 6.07) is 0. The molecular weight excluding hydrogens is 136 g/mol. The van der Waals surface area contributed by atoms with E-state index in [-0.39, 0.29) is 0 Å². The Bertz CT molecular complexity index is 126. The number of hydrogen-bond acceptors (Lipinski definition) is 1. The Balaban J connectivity index is 2.41. The average molecular weight is 154 g/mol. The van der Waals surface area contributed by atoms with Crippen LogP contribution in [0.15, 0.2) is 0 Å². The van der Waals surface area contributed by atoms with Crippen molar-refractivity contribution in [1.82, 2.24) is 0 Å². The number of rotatable bonds is 0. The summed E-state index contributed by atoms with van der Waals surface area (Å²) in [6.07, 6.45) is 5.45. The van der Waals surface area contributed by atoms with Gasteiger partial charge in [-0.05, 0) is 11.8 Å². The molecule has 1 rings (SSSR count). The van der Waals surface area contributed by atoms with Crippen LogP contribution in [0.5, 0.6) is 0 Å². The molecule has 0 aromatic carbocycles. The molecule has 1 aliphatic rings. The van der Waals surface area contributed by atoms with Gasteiger partial charge < -0.3 is 0 Å². The van der Waals surface area contributed by atoms with E-state index >= 15 is 0 Å². The average Bonchev–Trinajstić information content (AvgIpc) is 1.83. The second-order valence-corrected chi connectivity index (χ2v) is 4.09. The van der Waals surface area contributed by atoms with Crippen LogP contribution in [-0.4, -0.2) is 5.78 Å². The molecule has 1 nitrogen and oxygen atoms in total. The van der Waals surface area contributed by atoms with Gasteiger partial charge in [0.05, 0.1) is 0 Å². The molecule has 0 heterocycles. The van der Waals surface area contributed by atoms with Crippen molar-refractivity contribution in [1.29, 1.82) is 0 Å². The molecule has 0 amide bonds. The van der Waals surface area contributed by atoms with E-state index in [9.17, 15) is 4.79 Å². The molecule has 0 N–H and O–H groups in total. The van der Waals surface area contributed by atoms with Crippen molar-refractivity contribution in [2.24, 2.45) is 11.8 Å². The molecule has 64 valence electrons. The van der Waals surface area contributed by atoms with Crippen molar-refractivity contribution in [2.75, 3.05) is 0 Å². The lowest BCUT2D eigenvalue weighted by Crippen LogP contribution is -2.13. The van der Waals surface area contributed by atoms with Gasteiger partial charge in [0, 0.05) is 12.8 Å². The van der Waals surface area contributed by atoms with Gasteiger partial charge >= 0.3 is 0 Å². The number of hydrogen-bond donors (Lipinski definition) is 0. The largest absolute Gasteiger partial charge is 0.300 e. The molecule has 11 heavy (non-hydrogen) atoms. The van der Waals surface area contributed by atoms with Crippen LogP contribution in [0.2, 0.25) is 0 Å². The lowest BCUT2D eigenvalue weighted by molar-refractivity contribution is -0.121. The number of ketones is 1. The molecule has 2 atom stereocenters. The third-order valence-corrected chi connectivity index (χ3v) is 2.55. The zero-order valence-corrected chi connectivity index (χ0v) is 7.60. The second kappa shape index (κ2) is 3.89. The lowest BCUT2D eigenvalue weighted by Gasteiger charge is -2.18. The maximum atomic E-state index is 11.3. The first kappa shape index (κ1) is 8.76. The Labute approximate surface area is 69.2 Å². The van der Waals surface area contributed by atoms with E-state index in [0.29, 0.717) is 17.6 Å². The fraction of sp³-hybridized carbons (Fsp3) is 0.900. The van der Waals surface area contributed by atoms with Crippen molar-refractivity contribution in [3.8, 4) is 0 Å². The zero-order valence-electron chi connectivity index (χ0n) is 7.60. The molecule has 0 saturated heterocycles. The summed E-state index contributed by atoms with van der Waals surface area (Å²) in [5.74, 6) is 1.75. The smallest absolute Gasteiger partial charge is 0.133 e. The van der Waals surface area contributed by atoms with Crippen LogP contribution in [0.1, 0.15) is 46.0 Å². The first-order valence-electron chi connectivity index (χ1n) is 4.70. The fourth-order valence-corrected chi connectivity index (χ4v) is 1.88. The molecule has 0 spiro atoms. The van der Waals surface area contributed by atoms with E-state index < -0.39 is 0 Å². The van der Waals surface area contributed by atoms with Crippen molar-refractivity contribution in [3.63, 3.8) is 0 Å². The Morgan fingerprint density at radius 3 is 2.00 bits per heavy atom. The van der Waals surface area contributed by atoms with E-state index in [4.69, 9.17) is 0 Å². The summed E-state index contributed by atoms with van der Waals surface area (Å²) in [6.45, 7) is 4.38. The molecule has 1 heteroatoms. The molecule has 1 aliphatic carbocycles. The van der Waals surface area contributed by atoms with Gasteiger partial charge in [0.2, 0.25) is 0 Å². The minimum Gasteiger partial charge on any atom is -0.300 e. The van der Waals surface area contributed by atoms with Gasteiger partial charge in [-0.25, -0.2) is 0 Å².